The highest BCUT2D eigenvalue weighted by atomic mass is 79.9. The number of piperazine rings is 1. The van der Waals surface area contributed by atoms with E-state index in [1.807, 2.05) is 18.4 Å². The van der Waals surface area contributed by atoms with Gasteiger partial charge in [-0.3, -0.25) is 9.59 Å². The molecule has 1 saturated heterocycles. The summed E-state index contributed by atoms with van der Waals surface area (Å²) in [5, 5.41) is 4.69. The van der Waals surface area contributed by atoms with Gasteiger partial charge in [0.2, 0.25) is 11.8 Å². The van der Waals surface area contributed by atoms with Gasteiger partial charge in [-0.25, -0.2) is 0 Å². The number of thiophene rings is 1. The smallest absolute Gasteiger partial charge is 0.245 e. The third-order valence-corrected chi connectivity index (χ3v) is 4.99. The van der Waals surface area contributed by atoms with Crippen molar-refractivity contribution in [3.8, 4) is 0 Å². The van der Waals surface area contributed by atoms with Crippen molar-refractivity contribution < 1.29 is 9.59 Å². The highest BCUT2D eigenvalue weighted by Crippen LogP contribution is 2.26. The van der Waals surface area contributed by atoms with Crippen LogP contribution in [0.2, 0.25) is 0 Å². The molecule has 2 amide bonds. The Labute approximate surface area is 118 Å². The van der Waals surface area contributed by atoms with Crippen LogP contribution in [-0.2, 0) is 16.1 Å². The number of nitrogens with zero attached hydrogens (tertiary/aromatic N) is 1. The zero-order valence-electron chi connectivity index (χ0n) is 10.3. The second kappa shape index (κ2) is 5.40. The number of nitrogens with one attached hydrogen (secondary N) is 1. The van der Waals surface area contributed by atoms with E-state index in [-0.39, 0.29) is 17.9 Å². The number of carbonyl (C=O) groups excluding carboxylic acids is 2. The average molecular weight is 331 g/mol. The summed E-state index contributed by atoms with van der Waals surface area (Å²) < 4.78 is 0.994. The molecule has 0 aromatic carbocycles. The van der Waals surface area contributed by atoms with Gasteiger partial charge in [-0.15, -0.1) is 11.3 Å². The first-order valence-corrected chi connectivity index (χ1v) is 7.54. The van der Waals surface area contributed by atoms with Crippen LogP contribution in [0.5, 0.6) is 0 Å². The van der Waals surface area contributed by atoms with Crippen molar-refractivity contribution in [1.82, 2.24) is 10.2 Å². The quantitative estimate of drug-likeness (QED) is 0.923. The number of halogens is 1. The van der Waals surface area contributed by atoms with Gasteiger partial charge < -0.3 is 10.2 Å². The lowest BCUT2D eigenvalue weighted by molar-refractivity contribution is -0.149. The lowest BCUT2D eigenvalue weighted by Crippen LogP contribution is -2.61. The largest absolute Gasteiger partial charge is 0.343 e. The monoisotopic (exact) mass is 330 g/mol. The summed E-state index contributed by atoms with van der Waals surface area (Å²) in [7, 11) is 0. The van der Waals surface area contributed by atoms with Crippen LogP contribution in [0.4, 0.5) is 0 Å². The molecule has 0 spiro atoms. The molecular formula is C12H15BrN2O2S. The molecule has 2 rings (SSSR count). The van der Waals surface area contributed by atoms with Gasteiger partial charge in [0.05, 0.1) is 6.54 Å². The molecule has 18 heavy (non-hydrogen) atoms. The molecule has 2 atom stereocenters. The van der Waals surface area contributed by atoms with E-state index in [0.717, 1.165) is 9.35 Å². The van der Waals surface area contributed by atoms with Crippen LogP contribution in [0.1, 0.15) is 25.1 Å². The molecule has 1 aromatic rings. The van der Waals surface area contributed by atoms with Gasteiger partial charge >= 0.3 is 0 Å². The number of rotatable bonds is 3. The van der Waals surface area contributed by atoms with Crippen molar-refractivity contribution in [2.45, 2.75) is 38.9 Å². The van der Waals surface area contributed by atoms with E-state index >= 15 is 0 Å². The van der Waals surface area contributed by atoms with E-state index in [1.165, 1.54) is 0 Å². The number of hydrogen-bond donors (Lipinski definition) is 1. The zero-order chi connectivity index (χ0) is 13.3. The standard InChI is InChI=1S/C12H15BrN2O2S/c1-3-9-11(16)14-7(2)12(17)15(9)6-10-8(13)4-5-18-10/h4-5,7,9H,3,6H2,1-2H3,(H,14,16). The van der Waals surface area contributed by atoms with Crippen LogP contribution in [0.15, 0.2) is 15.9 Å². The third-order valence-electron chi connectivity index (χ3n) is 3.08. The summed E-state index contributed by atoms with van der Waals surface area (Å²) in [5.74, 6) is -0.0703. The highest BCUT2D eigenvalue weighted by Gasteiger charge is 2.37. The molecule has 1 aromatic heterocycles. The van der Waals surface area contributed by atoms with Crippen molar-refractivity contribution in [3.05, 3.63) is 20.8 Å². The van der Waals surface area contributed by atoms with Crippen LogP contribution >= 0.6 is 27.3 Å². The van der Waals surface area contributed by atoms with Crippen molar-refractivity contribution in [1.29, 1.82) is 0 Å². The minimum Gasteiger partial charge on any atom is -0.343 e. The molecule has 1 N–H and O–H groups in total. The predicted octanol–water partition coefficient (Wildman–Crippen LogP) is 2.14. The normalized spacial score (nSPS) is 24.3. The van der Waals surface area contributed by atoms with Crippen molar-refractivity contribution >= 4 is 39.1 Å². The molecule has 2 unspecified atom stereocenters. The van der Waals surface area contributed by atoms with Crippen molar-refractivity contribution in [2.24, 2.45) is 0 Å². The maximum absolute atomic E-state index is 12.2. The van der Waals surface area contributed by atoms with Gasteiger partial charge in [-0.1, -0.05) is 6.92 Å². The molecule has 0 bridgehead atoms. The molecule has 2 heterocycles. The SMILES string of the molecule is CCC1C(=O)NC(C)C(=O)N1Cc1sccc1Br. The minimum atomic E-state index is -0.431. The van der Waals surface area contributed by atoms with Crippen LogP contribution in [-0.4, -0.2) is 28.8 Å². The number of carbonyl (C=O) groups is 2. The summed E-state index contributed by atoms with van der Waals surface area (Å²) in [5.41, 5.74) is 0. The Morgan fingerprint density at radius 3 is 2.78 bits per heavy atom. The number of amides is 2. The van der Waals surface area contributed by atoms with E-state index in [4.69, 9.17) is 0 Å². The van der Waals surface area contributed by atoms with Crippen LogP contribution < -0.4 is 5.32 Å². The van der Waals surface area contributed by atoms with Crippen LogP contribution in [0.25, 0.3) is 0 Å². The maximum atomic E-state index is 12.2. The van der Waals surface area contributed by atoms with Gasteiger partial charge in [0.15, 0.2) is 0 Å². The fourth-order valence-electron chi connectivity index (χ4n) is 2.10. The van der Waals surface area contributed by atoms with Crippen molar-refractivity contribution in [2.75, 3.05) is 0 Å². The second-order valence-electron chi connectivity index (χ2n) is 4.31. The molecule has 6 heteroatoms. The highest BCUT2D eigenvalue weighted by molar-refractivity contribution is 9.10. The summed E-state index contributed by atoms with van der Waals surface area (Å²) in [6, 6.07) is 1.17. The Morgan fingerprint density at radius 1 is 1.50 bits per heavy atom. The van der Waals surface area contributed by atoms with E-state index in [9.17, 15) is 9.59 Å². The predicted molar refractivity (Wildman–Crippen MR) is 74.3 cm³/mol. The lowest BCUT2D eigenvalue weighted by Gasteiger charge is -2.37. The second-order valence-corrected chi connectivity index (χ2v) is 6.17. The fourth-order valence-corrected chi connectivity index (χ4v) is 3.58. The first-order valence-electron chi connectivity index (χ1n) is 5.87. The summed E-state index contributed by atoms with van der Waals surface area (Å²) in [6.07, 6.45) is 0.632. The Balaban J connectivity index is 2.24. The van der Waals surface area contributed by atoms with Crippen molar-refractivity contribution in [3.63, 3.8) is 0 Å². The molecule has 0 aliphatic carbocycles. The lowest BCUT2D eigenvalue weighted by atomic mass is 10.1. The summed E-state index contributed by atoms with van der Waals surface area (Å²) in [4.78, 5) is 26.8. The van der Waals surface area contributed by atoms with Gasteiger partial charge in [-0.2, -0.15) is 0 Å². The van der Waals surface area contributed by atoms with E-state index in [0.29, 0.717) is 13.0 Å². The first-order chi connectivity index (χ1) is 8.54. The van der Waals surface area contributed by atoms with Gasteiger partial charge in [0.25, 0.3) is 0 Å². The topological polar surface area (TPSA) is 49.4 Å². The summed E-state index contributed by atoms with van der Waals surface area (Å²) in [6.45, 7) is 4.14. The maximum Gasteiger partial charge on any atom is 0.245 e. The zero-order valence-corrected chi connectivity index (χ0v) is 12.7. The number of hydrogen-bond acceptors (Lipinski definition) is 3. The summed E-state index contributed by atoms with van der Waals surface area (Å²) >= 11 is 5.04. The third kappa shape index (κ3) is 2.44. The molecule has 1 fully saturated rings. The van der Waals surface area contributed by atoms with E-state index in [1.54, 1.807) is 23.2 Å². The Morgan fingerprint density at radius 2 is 2.22 bits per heavy atom. The first kappa shape index (κ1) is 13.5. The molecule has 1 aliphatic heterocycles. The molecule has 0 radical (unpaired) electrons. The Bertz CT molecular complexity index is 474. The van der Waals surface area contributed by atoms with Crippen LogP contribution in [0.3, 0.4) is 0 Å². The molecule has 1 aliphatic rings. The minimum absolute atomic E-state index is 0.0123. The Hall–Kier alpha value is -0.880. The molecule has 98 valence electrons. The Kier molecular flexibility index (Phi) is 4.07. The average Bonchev–Trinajstić information content (AvgIpc) is 2.72. The van der Waals surface area contributed by atoms with Gasteiger partial charge in [-0.05, 0) is 40.7 Å². The van der Waals surface area contributed by atoms with Gasteiger partial charge in [0, 0.05) is 9.35 Å². The van der Waals surface area contributed by atoms with Crippen LogP contribution in [0, 0.1) is 0 Å². The van der Waals surface area contributed by atoms with E-state index < -0.39 is 6.04 Å². The van der Waals surface area contributed by atoms with Gasteiger partial charge in [0.1, 0.15) is 12.1 Å². The van der Waals surface area contributed by atoms with E-state index in [2.05, 4.69) is 21.2 Å². The molecule has 4 nitrogen and oxygen atoms in total. The molecule has 0 saturated carbocycles. The molecular weight excluding hydrogens is 316 g/mol. The fraction of sp³-hybridized carbons (Fsp3) is 0.500.